The third kappa shape index (κ3) is 4.42. The van der Waals surface area contributed by atoms with E-state index in [1.807, 2.05) is 35.2 Å². The first-order chi connectivity index (χ1) is 13.7. The van der Waals surface area contributed by atoms with Crippen LogP contribution in [0.3, 0.4) is 0 Å². The number of fused-ring (bicyclic) bond motifs is 2. The molecule has 1 saturated carbocycles. The molecule has 2 bridgehead atoms. The summed E-state index contributed by atoms with van der Waals surface area (Å²) in [7, 11) is 0. The number of carbonyl (C=O) groups excluding carboxylic acids is 2. The lowest BCUT2D eigenvalue weighted by atomic mass is 9.73. The summed E-state index contributed by atoms with van der Waals surface area (Å²) >= 11 is 0. The molecule has 152 valence electrons. The summed E-state index contributed by atoms with van der Waals surface area (Å²) in [5.74, 6) is 0.914. The molecule has 28 heavy (non-hydrogen) atoms. The molecule has 2 unspecified atom stereocenters. The average molecular weight is 384 g/mol. The maximum absolute atomic E-state index is 13.2. The number of hydrogen-bond donors (Lipinski definition) is 0. The Morgan fingerprint density at radius 2 is 1.46 bits per heavy atom. The first-order valence-corrected chi connectivity index (χ1v) is 11.2. The van der Waals surface area contributed by atoms with E-state index in [-0.39, 0.29) is 30.0 Å². The van der Waals surface area contributed by atoms with E-state index in [9.17, 15) is 9.59 Å². The predicted molar refractivity (Wildman–Crippen MR) is 109 cm³/mol. The standard InChI is InChI=1S/C24H33NO3/c26-23(19-11-6-1-2-7-12-19)20-15-21-13-8-14-22(16-20)25(21)24(27)28-17-18-9-4-3-5-10-18/h3-5,9-10,19-22H,1-2,6-8,11-17H2. The first kappa shape index (κ1) is 19.5. The fourth-order valence-corrected chi connectivity index (χ4v) is 5.60. The highest BCUT2D eigenvalue weighted by Gasteiger charge is 2.44. The van der Waals surface area contributed by atoms with Gasteiger partial charge in [-0.15, -0.1) is 0 Å². The van der Waals surface area contributed by atoms with Gasteiger partial charge < -0.3 is 9.64 Å². The summed E-state index contributed by atoms with van der Waals surface area (Å²) in [5.41, 5.74) is 1.01. The van der Waals surface area contributed by atoms with Crippen LogP contribution >= 0.6 is 0 Å². The Morgan fingerprint density at radius 1 is 0.821 bits per heavy atom. The molecule has 1 aromatic rings. The lowest BCUT2D eigenvalue weighted by Crippen LogP contribution is -2.56. The van der Waals surface area contributed by atoms with Gasteiger partial charge in [0.15, 0.2) is 0 Å². The second-order valence-corrected chi connectivity index (χ2v) is 8.95. The third-order valence-corrected chi connectivity index (χ3v) is 7.05. The number of hydrogen-bond acceptors (Lipinski definition) is 3. The maximum Gasteiger partial charge on any atom is 0.410 e. The van der Waals surface area contributed by atoms with E-state index in [4.69, 9.17) is 4.74 Å². The number of benzene rings is 1. The van der Waals surface area contributed by atoms with Crippen molar-refractivity contribution in [3.8, 4) is 0 Å². The van der Waals surface area contributed by atoms with Crippen molar-refractivity contribution in [2.75, 3.05) is 0 Å². The van der Waals surface area contributed by atoms with Crippen LogP contribution in [0.5, 0.6) is 0 Å². The molecular weight excluding hydrogens is 350 g/mol. The fourth-order valence-electron chi connectivity index (χ4n) is 5.60. The van der Waals surface area contributed by atoms with E-state index < -0.39 is 0 Å². The van der Waals surface area contributed by atoms with Gasteiger partial charge in [-0.3, -0.25) is 4.79 Å². The first-order valence-electron chi connectivity index (χ1n) is 11.2. The summed E-state index contributed by atoms with van der Waals surface area (Å²) in [5, 5.41) is 0. The maximum atomic E-state index is 13.2. The van der Waals surface area contributed by atoms with Crippen LogP contribution in [0.25, 0.3) is 0 Å². The molecule has 1 aliphatic carbocycles. The Hall–Kier alpha value is -1.84. The van der Waals surface area contributed by atoms with Gasteiger partial charge in [0.2, 0.25) is 0 Å². The van der Waals surface area contributed by atoms with Crippen LogP contribution < -0.4 is 0 Å². The smallest absolute Gasteiger partial charge is 0.410 e. The van der Waals surface area contributed by atoms with Gasteiger partial charge in [0.25, 0.3) is 0 Å². The number of amides is 1. The zero-order chi connectivity index (χ0) is 19.3. The molecule has 0 N–H and O–H groups in total. The molecule has 1 amide bonds. The van der Waals surface area contributed by atoms with Crippen molar-refractivity contribution in [3.63, 3.8) is 0 Å². The highest BCUT2D eigenvalue weighted by Crippen LogP contribution is 2.40. The van der Waals surface area contributed by atoms with Gasteiger partial charge in [-0.25, -0.2) is 4.79 Å². The molecule has 4 heteroatoms. The summed E-state index contributed by atoms with van der Waals surface area (Å²) in [6, 6.07) is 10.2. The average Bonchev–Trinajstić information content (AvgIpc) is 3.01. The minimum atomic E-state index is -0.195. The second-order valence-electron chi connectivity index (χ2n) is 8.95. The molecular formula is C24H33NO3. The SMILES string of the molecule is O=C(C1CCCCCC1)C1CC2CCCC(C1)N2C(=O)OCc1ccccc1. The zero-order valence-electron chi connectivity index (χ0n) is 16.9. The van der Waals surface area contributed by atoms with Crippen molar-refractivity contribution in [2.45, 2.75) is 89.3 Å². The Balaban J connectivity index is 1.37. The lowest BCUT2D eigenvalue weighted by molar-refractivity contribution is -0.131. The second kappa shape index (κ2) is 9.11. The number of ketones is 1. The molecule has 2 saturated heterocycles. The van der Waals surface area contributed by atoms with E-state index in [1.54, 1.807) is 0 Å². The molecule has 0 spiro atoms. The van der Waals surface area contributed by atoms with E-state index >= 15 is 0 Å². The Kier molecular flexibility index (Phi) is 6.33. The molecule has 2 aliphatic heterocycles. The molecule has 0 radical (unpaired) electrons. The number of rotatable bonds is 4. The van der Waals surface area contributed by atoms with Crippen LogP contribution in [0, 0.1) is 11.8 Å². The normalized spacial score (nSPS) is 28.4. The van der Waals surface area contributed by atoms with Gasteiger partial charge in [0.1, 0.15) is 12.4 Å². The van der Waals surface area contributed by atoms with Gasteiger partial charge in [-0.05, 0) is 50.5 Å². The fraction of sp³-hybridized carbons (Fsp3) is 0.667. The predicted octanol–water partition coefficient (Wildman–Crippen LogP) is 5.50. The zero-order valence-corrected chi connectivity index (χ0v) is 16.9. The number of carbonyl (C=O) groups is 2. The van der Waals surface area contributed by atoms with Gasteiger partial charge in [0, 0.05) is 23.9 Å². The molecule has 1 aromatic carbocycles. The van der Waals surface area contributed by atoms with E-state index in [2.05, 4.69) is 0 Å². The summed E-state index contributed by atoms with van der Waals surface area (Å²) in [6.45, 7) is 0.319. The minimum absolute atomic E-state index is 0.150. The summed E-state index contributed by atoms with van der Waals surface area (Å²) in [4.78, 5) is 28.0. The van der Waals surface area contributed by atoms with Crippen molar-refractivity contribution in [1.29, 1.82) is 0 Å². The van der Waals surface area contributed by atoms with Crippen LogP contribution in [-0.4, -0.2) is 28.9 Å². The highest BCUT2D eigenvalue weighted by atomic mass is 16.6. The van der Waals surface area contributed by atoms with Gasteiger partial charge in [0.05, 0.1) is 0 Å². The van der Waals surface area contributed by atoms with Crippen LogP contribution in [-0.2, 0) is 16.1 Å². The van der Waals surface area contributed by atoms with Crippen molar-refractivity contribution >= 4 is 11.9 Å². The van der Waals surface area contributed by atoms with Crippen LogP contribution in [0.2, 0.25) is 0 Å². The molecule has 3 fully saturated rings. The van der Waals surface area contributed by atoms with E-state index in [0.717, 1.165) is 50.5 Å². The van der Waals surface area contributed by atoms with Crippen LogP contribution in [0.4, 0.5) is 4.79 Å². The highest BCUT2D eigenvalue weighted by molar-refractivity contribution is 5.84. The molecule has 2 atom stereocenters. The van der Waals surface area contributed by atoms with Gasteiger partial charge in [-0.2, -0.15) is 0 Å². The molecule has 0 aromatic heterocycles. The Bertz CT molecular complexity index is 652. The summed E-state index contributed by atoms with van der Waals surface area (Å²) < 4.78 is 5.63. The third-order valence-electron chi connectivity index (χ3n) is 7.05. The summed E-state index contributed by atoms with van der Waals surface area (Å²) in [6.07, 6.45) is 11.8. The number of Topliss-reactive ketones (excluding diaryl/α,β-unsaturated/α-hetero) is 1. The number of nitrogens with zero attached hydrogens (tertiary/aromatic N) is 1. The van der Waals surface area contributed by atoms with E-state index in [1.165, 1.54) is 25.7 Å². The van der Waals surface area contributed by atoms with Crippen LogP contribution in [0.15, 0.2) is 30.3 Å². The Morgan fingerprint density at radius 3 is 2.11 bits per heavy atom. The van der Waals surface area contributed by atoms with E-state index in [0.29, 0.717) is 12.4 Å². The lowest BCUT2D eigenvalue weighted by Gasteiger charge is -2.48. The van der Waals surface area contributed by atoms with Crippen molar-refractivity contribution in [2.24, 2.45) is 11.8 Å². The molecule has 4 rings (SSSR count). The topological polar surface area (TPSA) is 46.6 Å². The Labute approximate surface area is 168 Å². The molecule has 2 heterocycles. The van der Waals surface area contributed by atoms with Gasteiger partial charge >= 0.3 is 6.09 Å². The van der Waals surface area contributed by atoms with Crippen molar-refractivity contribution in [1.82, 2.24) is 4.90 Å². The van der Waals surface area contributed by atoms with Crippen LogP contribution in [0.1, 0.15) is 76.2 Å². The monoisotopic (exact) mass is 383 g/mol. The minimum Gasteiger partial charge on any atom is -0.445 e. The van der Waals surface area contributed by atoms with Gasteiger partial charge in [-0.1, -0.05) is 56.0 Å². The number of piperidine rings is 2. The largest absolute Gasteiger partial charge is 0.445 e. The van der Waals surface area contributed by atoms with Crippen molar-refractivity contribution in [3.05, 3.63) is 35.9 Å². The number of ether oxygens (including phenoxy) is 1. The van der Waals surface area contributed by atoms with Crippen molar-refractivity contribution < 1.29 is 14.3 Å². The quantitative estimate of drug-likeness (QED) is 0.645. The molecule has 3 aliphatic rings. The molecule has 4 nitrogen and oxygen atoms in total.